The summed E-state index contributed by atoms with van der Waals surface area (Å²) in [7, 11) is 0. The highest BCUT2D eigenvalue weighted by Crippen LogP contribution is 2.25. The molecule has 0 saturated carbocycles. The molecule has 2 aliphatic rings. The number of hydrogen-bond donors (Lipinski definition) is 1. The van der Waals surface area contributed by atoms with Gasteiger partial charge in [-0.1, -0.05) is 18.2 Å². The molecule has 0 unspecified atom stereocenters. The first-order chi connectivity index (χ1) is 11.3. The van der Waals surface area contributed by atoms with Crippen molar-refractivity contribution in [3.05, 3.63) is 30.0 Å². The predicted octanol–water partition coefficient (Wildman–Crippen LogP) is 2.10. The van der Waals surface area contributed by atoms with E-state index in [1.165, 1.54) is 5.56 Å². The van der Waals surface area contributed by atoms with E-state index >= 15 is 0 Å². The van der Waals surface area contributed by atoms with Gasteiger partial charge in [-0.3, -0.25) is 14.8 Å². The number of carbonyl (C=O) groups excluding carboxylic acids is 1. The lowest BCUT2D eigenvalue weighted by Crippen LogP contribution is -2.48. The summed E-state index contributed by atoms with van der Waals surface area (Å²) in [5, 5.41) is 8.37. The Balaban J connectivity index is 1.51. The number of likely N-dealkylation sites (tertiary alicyclic amines) is 1. The quantitative estimate of drug-likeness (QED) is 0.936. The van der Waals surface area contributed by atoms with Gasteiger partial charge in [-0.2, -0.15) is 16.9 Å². The fourth-order valence-electron chi connectivity index (χ4n) is 3.67. The maximum absolute atomic E-state index is 12.9. The number of hydrogen-bond acceptors (Lipinski definition) is 4. The van der Waals surface area contributed by atoms with Crippen molar-refractivity contribution in [3.8, 4) is 0 Å². The van der Waals surface area contributed by atoms with Crippen LogP contribution in [0.3, 0.4) is 0 Å². The van der Waals surface area contributed by atoms with E-state index in [1.54, 1.807) is 0 Å². The minimum Gasteiger partial charge on any atom is -0.340 e. The molecular formula is C17H22N4OS. The topological polar surface area (TPSA) is 52.2 Å². The molecule has 2 saturated heterocycles. The van der Waals surface area contributed by atoms with E-state index in [2.05, 4.69) is 38.2 Å². The molecule has 2 aromatic rings. The zero-order valence-electron chi connectivity index (χ0n) is 13.2. The first-order valence-corrected chi connectivity index (χ1v) is 9.50. The number of thioether (sulfide) groups is 1. The van der Waals surface area contributed by atoms with E-state index in [4.69, 9.17) is 0 Å². The first kappa shape index (κ1) is 15.0. The molecule has 2 fully saturated rings. The largest absolute Gasteiger partial charge is 0.340 e. The molecule has 122 valence electrons. The van der Waals surface area contributed by atoms with E-state index in [1.807, 2.05) is 18.0 Å². The molecule has 2 aliphatic heterocycles. The van der Waals surface area contributed by atoms with Gasteiger partial charge in [0.1, 0.15) is 0 Å². The molecule has 5 nitrogen and oxygen atoms in total. The lowest BCUT2D eigenvalue weighted by Gasteiger charge is -2.32. The van der Waals surface area contributed by atoms with Crippen LogP contribution in [-0.2, 0) is 11.3 Å². The number of para-hydroxylation sites is 1. The van der Waals surface area contributed by atoms with Crippen molar-refractivity contribution in [1.82, 2.24) is 20.0 Å². The Morgan fingerprint density at radius 1 is 1.30 bits per heavy atom. The van der Waals surface area contributed by atoms with Crippen molar-refractivity contribution in [3.63, 3.8) is 0 Å². The van der Waals surface area contributed by atoms with Crippen LogP contribution in [0.25, 0.3) is 10.9 Å². The second-order valence-corrected chi connectivity index (χ2v) is 7.54. The van der Waals surface area contributed by atoms with Gasteiger partial charge in [0, 0.05) is 36.5 Å². The van der Waals surface area contributed by atoms with E-state index < -0.39 is 0 Å². The third-order valence-electron chi connectivity index (χ3n) is 4.91. The molecule has 0 aliphatic carbocycles. The van der Waals surface area contributed by atoms with Crippen LogP contribution in [0.4, 0.5) is 0 Å². The van der Waals surface area contributed by atoms with Crippen LogP contribution in [0.2, 0.25) is 0 Å². The lowest BCUT2D eigenvalue weighted by molar-refractivity contribution is -0.135. The number of H-pyrrole nitrogens is 1. The maximum Gasteiger partial charge on any atom is 0.239 e. The number of rotatable bonds is 3. The summed E-state index contributed by atoms with van der Waals surface area (Å²) >= 11 is 1.95. The van der Waals surface area contributed by atoms with Crippen LogP contribution in [-0.4, -0.2) is 63.1 Å². The summed E-state index contributed by atoms with van der Waals surface area (Å²) in [5.41, 5.74) is 2.33. The number of carbonyl (C=O) groups is 1. The van der Waals surface area contributed by atoms with Crippen LogP contribution in [0.15, 0.2) is 24.4 Å². The molecule has 1 aromatic heterocycles. The summed E-state index contributed by atoms with van der Waals surface area (Å²) in [4.78, 5) is 17.3. The third-order valence-corrected chi connectivity index (χ3v) is 5.85. The van der Waals surface area contributed by atoms with E-state index in [0.717, 1.165) is 61.4 Å². The second-order valence-electron chi connectivity index (χ2n) is 6.32. The zero-order chi connectivity index (χ0) is 15.6. The number of amides is 1. The van der Waals surface area contributed by atoms with Gasteiger partial charge in [-0.15, -0.1) is 0 Å². The first-order valence-electron chi connectivity index (χ1n) is 8.34. The Hall–Kier alpha value is -1.53. The molecule has 1 N–H and O–H groups in total. The summed E-state index contributed by atoms with van der Waals surface area (Å²) in [6, 6.07) is 6.33. The molecule has 1 aromatic carbocycles. The molecule has 0 spiro atoms. The summed E-state index contributed by atoms with van der Waals surface area (Å²) in [6.07, 6.45) is 3.95. The molecule has 1 amide bonds. The second kappa shape index (κ2) is 6.53. The van der Waals surface area contributed by atoms with Gasteiger partial charge in [0.05, 0.1) is 17.8 Å². The summed E-state index contributed by atoms with van der Waals surface area (Å²) < 4.78 is 0. The van der Waals surface area contributed by atoms with Crippen LogP contribution >= 0.6 is 11.8 Å². The van der Waals surface area contributed by atoms with Crippen LogP contribution in [0.1, 0.15) is 18.4 Å². The van der Waals surface area contributed by atoms with Gasteiger partial charge >= 0.3 is 0 Å². The van der Waals surface area contributed by atoms with Gasteiger partial charge < -0.3 is 4.90 Å². The van der Waals surface area contributed by atoms with Crippen LogP contribution in [0.5, 0.6) is 0 Å². The molecule has 6 heteroatoms. The average molecular weight is 330 g/mol. The van der Waals surface area contributed by atoms with E-state index in [9.17, 15) is 4.79 Å². The molecule has 0 bridgehead atoms. The van der Waals surface area contributed by atoms with Gasteiger partial charge in [0.2, 0.25) is 5.91 Å². The Bertz CT molecular complexity index is 695. The monoisotopic (exact) mass is 330 g/mol. The molecule has 23 heavy (non-hydrogen) atoms. The van der Waals surface area contributed by atoms with Crippen molar-refractivity contribution in [2.45, 2.75) is 25.4 Å². The van der Waals surface area contributed by atoms with Crippen LogP contribution < -0.4 is 0 Å². The van der Waals surface area contributed by atoms with Crippen molar-refractivity contribution in [2.24, 2.45) is 0 Å². The average Bonchev–Trinajstić information content (AvgIpc) is 3.24. The normalized spacial score (nSPS) is 22.8. The number of aromatic nitrogens is 2. The Morgan fingerprint density at radius 3 is 3.04 bits per heavy atom. The lowest BCUT2D eigenvalue weighted by atomic mass is 10.1. The molecule has 3 heterocycles. The third kappa shape index (κ3) is 2.97. The van der Waals surface area contributed by atoms with E-state index in [-0.39, 0.29) is 6.04 Å². The van der Waals surface area contributed by atoms with Crippen LogP contribution in [0, 0.1) is 0 Å². The number of nitrogens with one attached hydrogen (secondary N) is 1. The molecular weight excluding hydrogens is 308 g/mol. The molecule has 0 radical (unpaired) electrons. The van der Waals surface area contributed by atoms with Gasteiger partial charge in [0.15, 0.2) is 0 Å². The van der Waals surface area contributed by atoms with Crippen molar-refractivity contribution < 1.29 is 4.79 Å². The number of nitrogens with zero attached hydrogens (tertiary/aromatic N) is 3. The fourth-order valence-corrected chi connectivity index (χ4v) is 4.57. The Kier molecular flexibility index (Phi) is 4.27. The highest BCUT2D eigenvalue weighted by atomic mass is 32.2. The van der Waals surface area contributed by atoms with E-state index in [0.29, 0.717) is 5.91 Å². The standard InChI is InChI=1S/C17H22N4OS/c22-17(20-7-9-23-10-8-20)15-5-2-6-21(15)12-14-4-1-3-13-11-18-19-16(13)14/h1,3-4,11,15H,2,5-10,12H2,(H,18,19)/t15-/m1/s1. The smallest absolute Gasteiger partial charge is 0.239 e. The number of benzene rings is 1. The van der Waals surface area contributed by atoms with Crippen molar-refractivity contribution >= 4 is 28.6 Å². The zero-order valence-corrected chi connectivity index (χ0v) is 14.0. The SMILES string of the molecule is O=C([C@H]1CCCN1Cc1cccc2cn[nH]c12)N1CCSCC1. The van der Waals surface area contributed by atoms with Crippen molar-refractivity contribution in [1.29, 1.82) is 0 Å². The Labute approximate surface area is 140 Å². The summed E-state index contributed by atoms with van der Waals surface area (Å²) in [5.74, 6) is 2.48. The highest BCUT2D eigenvalue weighted by molar-refractivity contribution is 7.99. The minimum absolute atomic E-state index is 0.0521. The maximum atomic E-state index is 12.9. The minimum atomic E-state index is 0.0521. The molecule has 1 atom stereocenters. The summed E-state index contributed by atoms with van der Waals surface area (Å²) in [6.45, 7) is 3.63. The van der Waals surface area contributed by atoms with Gasteiger partial charge in [-0.25, -0.2) is 0 Å². The molecule has 4 rings (SSSR count). The predicted molar refractivity (Wildman–Crippen MR) is 93.4 cm³/mol. The number of fused-ring (bicyclic) bond motifs is 1. The van der Waals surface area contributed by atoms with Gasteiger partial charge in [-0.05, 0) is 24.9 Å². The highest BCUT2D eigenvalue weighted by Gasteiger charge is 2.34. The van der Waals surface area contributed by atoms with Gasteiger partial charge in [0.25, 0.3) is 0 Å². The number of aromatic amines is 1. The van der Waals surface area contributed by atoms with Crippen molar-refractivity contribution in [2.75, 3.05) is 31.1 Å². The Morgan fingerprint density at radius 2 is 2.17 bits per heavy atom. The fraction of sp³-hybridized carbons (Fsp3) is 0.529.